The molecule has 3 heterocycles. The number of thiophene rings is 1. The van der Waals surface area contributed by atoms with Crippen molar-refractivity contribution in [2.24, 2.45) is 0 Å². The molecule has 1 aromatic carbocycles. The molecule has 0 radical (unpaired) electrons. The number of thioether (sulfide) groups is 1. The summed E-state index contributed by atoms with van der Waals surface area (Å²) in [6, 6.07) is 6.48. The van der Waals surface area contributed by atoms with Gasteiger partial charge in [0.2, 0.25) is 5.89 Å². The third-order valence-corrected chi connectivity index (χ3v) is 6.06. The van der Waals surface area contributed by atoms with E-state index < -0.39 is 0 Å². The number of hydrogen-bond donors (Lipinski definition) is 0. The molecule has 1 unspecified atom stereocenters. The Kier molecular flexibility index (Phi) is 5.18. The van der Waals surface area contributed by atoms with E-state index in [0.717, 1.165) is 45.0 Å². The fraction of sp³-hybridized carbons (Fsp3) is 0.263. The van der Waals surface area contributed by atoms with Crippen LogP contribution >= 0.6 is 23.1 Å². The average Bonchev–Trinajstić information content (AvgIpc) is 3.30. The largest absolute Gasteiger partial charge is 0.338 e. The van der Waals surface area contributed by atoms with E-state index in [1.54, 1.807) is 41.6 Å². The topological polar surface area (TPSA) is 64.7 Å². The SMILES string of the molecule is CCCc1noc(C(C)Sc2ncnc3scc(-c4ccc(F)cc4)c23)n1. The van der Waals surface area contributed by atoms with Crippen LogP contribution in [-0.2, 0) is 6.42 Å². The molecule has 0 aliphatic heterocycles. The Hall–Kier alpha value is -2.32. The second kappa shape index (κ2) is 7.74. The van der Waals surface area contributed by atoms with Gasteiger partial charge in [-0.2, -0.15) is 4.98 Å². The highest BCUT2D eigenvalue weighted by Gasteiger charge is 2.20. The van der Waals surface area contributed by atoms with Gasteiger partial charge in [-0.15, -0.1) is 11.3 Å². The number of aromatic nitrogens is 4. The Morgan fingerprint density at radius 1 is 1.22 bits per heavy atom. The summed E-state index contributed by atoms with van der Waals surface area (Å²) >= 11 is 3.11. The second-order valence-electron chi connectivity index (χ2n) is 6.07. The Bertz CT molecular complexity index is 1060. The molecule has 0 amide bonds. The van der Waals surface area contributed by atoms with Crippen LogP contribution < -0.4 is 0 Å². The Morgan fingerprint density at radius 3 is 2.81 bits per heavy atom. The van der Waals surface area contributed by atoms with E-state index in [1.165, 1.54) is 12.1 Å². The molecule has 0 saturated carbocycles. The van der Waals surface area contributed by atoms with E-state index in [2.05, 4.69) is 27.0 Å². The van der Waals surface area contributed by atoms with Gasteiger partial charge >= 0.3 is 0 Å². The lowest BCUT2D eigenvalue weighted by Crippen LogP contribution is -1.93. The molecule has 0 bridgehead atoms. The van der Waals surface area contributed by atoms with Crippen molar-refractivity contribution in [1.82, 2.24) is 20.1 Å². The van der Waals surface area contributed by atoms with Gasteiger partial charge < -0.3 is 4.52 Å². The molecule has 0 saturated heterocycles. The highest BCUT2D eigenvalue weighted by molar-refractivity contribution is 7.99. The zero-order chi connectivity index (χ0) is 18.8. The highest BCUT2D eigenvalue weighted by Crippen LogP contribution is 2.42. The summed E-state index contributed by atoms with van der Waals surface area (Å²) in [5.41, 5.74) is 1.94. The summed E-state index contributed by atoms with van der Waals surface area (Å²) in [6.45, 7) is 4.10. The Morgan fingerprint density at radius 2 is 2.04 bits per heavy atom. The highest BCUT2D eigenvalue weighted by atomic mass is 32.2. The number of fused-ring (bicyclic) bond motifs is 1. The smallest absolute Gasteiger partial charge is 0.239 e. The molecule has 4 aromatic rings. The number of nitrogens with zero attached hydrogens (tertiary/aromatic N) is 4. The molecule has 8 heteroatoms. The van der Waals surface area contributed by atoms with Gasteiger partial charge in [0.05, 0.1) is 10.6 Å². The fourth-order valence-corrected chi connectivity index (χ4v) is 4.70. The summed E-state index contributed by atoms with van der Waals surface area (Å²) in [7, 11) is 0. The van der Waals surface area contributed by atoms with Crippen molar-refractivity contribution >= 4 is 33.3 Å². The first kappa shape index (κ1) is 18.1. The lowest BCUT2D eigenvalue weighted by Gasteiger charge is -2.08. The lowest BCUT2D eigenvalue weighted by atomic mass is 10.1. The van der Waals surface area contributed by atoms with Crippen molar-refractivity contribution in [2.75, 3.05) is 0 Å². The molecule has 0 aliphatic carbocycles. The zero-order valence-electron chi connectivity index (χ0n) is 14.8. The summed E-state index contributed by atoms with van der Waals surface area (Å²) in [6.07, 6.45) is 3.35. The molecule has 0 fully saturated rings. The van der Waals surface area contributed by atoms with Crippen LogP contribution in [0.5, 0.6) is 0 Å². The van der Waals surface area contributed by atoms with Gasteiger partial charge in [0.1, 0.15) is 22.0 Å². The molecule has 27 heavy (non-hydrogen) atoms. The Balaban J connectivity index is 1.69. The molecule has 5 nitrogen and oxygen atoms in total. The number of benzene rings is 1. The number of rotatable bonds is 6. The summed E-state index contributed by atoms with van der Waals surface area (Å²) in [5, 5.41) is 7.85. The summed E-state index contributed by atoms with van der Waals surface area (Å²) in [4.78, 5) is 14.2. The number of aryl methyl sites for hydroxylation is 1. The standard InChI is InChI=1S/C19H17FN4OS2/c1-3-4-15-23-17(25-24-15)11(2)27-19-16-14(9-26-18(16)21-10-22-19)12-5-7-13(20)8-6-12/h5-11H,3-4H2,1-2H3. The molecule has 3 aromatic heterocycles. The van der Waals surface area contributed by atoms with E-state index >= 15 is 0 Å². The van der Waals surface area contributed by atoms with E-state index in [-0.39, 0.29) is 11.1 Å². The monoisotopic (exact) mass is 400 g/mol. The van der Waals surface area contributed by atoms with Crippen molar-refractivity contribution in [1.29, 1.82) is 0 Å². The van der Waals surface area contributed by atoms with Gasteiger partial charge in [0, 0.05) is 17.4 Å². The third kappa shape index (κ3) is 3.72. The molecule has 0 spiro atoms. The maximum atomic E-state index is 13.3. The van der Waals surface area contributed by atoms with Gasteiger partial charge in [0.25, 0.3) is 0 Å². The molecule has 1 atom stereocenters. The Labute approximate surface area is 164 Å². The van der Waals surface area contributed by atoms with Gasteiger partial charge in [-0.05, 0) is 31.0 Å². The van der Waals surface area contributed by atoms with Crippen molar-refractivity contribution < 1.29 is 8.91 Å². The first-order chi connectivity index (χ1) is 13.2. The fourth-order valence-electron chi connectivity index (χ4n) is 2.75. The second-order valence-corrected chi connectivity index (χ2v) is 8.26. The first-order valence-corrected chi connectivity index (χ1v) is 10.4. The normalized spacial score (nSPS) is 12.6. The molecule has 0 aliphatic rings. The zero-order valence-corrected chi connectivity index (χ0v) is 16.5. The van der Waals surface area contributed by atoms with Crippen molar-refractivity contribution in [3.05, 3.63) is 53.5 Å². The minimum absolute atomic E-state index is 0.0397. The minimum Gasteiger partial charge on any atom is -0.338 e. The van der Waals surface area contributed by atoms with Gasteiger partial charge in [0.15, 0.2) is 5.82 Å². The van der Waals surface area contributed by atoms with Crippen LogP contribution in [0.4, 0.5) is 4.39 Å². The van der Waals surface area contributed by atoms with Crippen LogP contribution in [0.15, 0.2) is 45.5 Å². The lowest BCUT2D eigenvalue weighted by molar-refractivity contribution is 0.374. The predicted octanol–water partition coefficient (Wildman–Crippen LogP) is 5.69. The molecule has 0 N–H and O–H groups in total. The summed E-state index contributed by atoms with van der Waals surface area (Å²) < 4.78 is 18.7. The molecular weight excluding hydrogens is 383 g/mol. The van der Waals surface area contributed by atoms with Crippen molar-refractivity contribution in [3.8, 4) is 11.1 Å². The van der Waals surface area contributed by atoms with E-state index in [0.29, 0.717) is 5.89 Å². The van der Waals surface area contributed by atoms with Crippen LogP contribution in [0.2, 0.25) is 0 Å². The number of halogens is 1. The van der Waals surface area contributed by atoms with Crippen LogP contribution in [0, 0.1) is 5.82 Å². The van der Waals surface area contributed by atoms with Gasteiger partial charge in [-0.3, -0.25) is 0 Å². The van der Waals surface area contributed by atoms with Crippen LogP contribution in [0.1, 0.15) is 37.2 Å². The molecular formula is C19H17FN4OS2. The van der Waals surface area contributed by atoms with Gasteiger partial charge in [-0.25, -0.2) is 14.4 Å². The van der Waals surface area contributed by atoms with Crippen LogP contribution in [-0.4, -0.2) is 20.1 Å². The molecule has 138 valence electrons. The average molecular weight is 401 g/mol. The van der Waals surface area contributed by atoms with E-state index in [4.69, 9.17) is 4.52 Å². The summed E-state index contributed by atoms with van der Waals surface area (Å²) in [5.74, 6) is 1.07. The molecule has 4 rings (SSSR count). The maximum absolute atomic E-state index is 13.3. The van der Waals surface area contributed by atoms with Crippen LogP contribution in [0.25, 0.3) is 21.3 Å². The number of hydrogen-bond acceptors (Lipinski definition) is 7. The van der Waals surface area contributed by atoms with Crippen LogP contribution in [0.3, 0.4) is 0 Å². The first-order valence-electron chi connectivity index (χ1n) is 8.63. The quantitative estimate of drug-likeness (QED) is 0.306. The van der Waals surface area contributed by atoms with Gasteiger partial charge in [-0.1, -0.05) is 36.0 Å². The van der Waals surface area contributed by atoms with Crippen molar-refractivity contribution in [3.63, 3.8) is 0 Å². The third-order valence-electron chi connectivity index (χ3n) is 4.08. The van der Waals surface area contributed by atoms with E-state index in [1.807, 2.05) is 12.3 Å². The van der Waals surface area contributed by atoms with Crippen molar-refractivity contribution in [2.45, 2.75) is 37.0 Å². The maximum Gasteiger partial charge on any atom is 0.239 e. The minimum atomic E-state index is -0.253. The van der Waals surface area contributed by atoms with E-state index in [9.17, 15) is 4.39 Å². The predicted molar refractivity (Wildman–Crippen MR) is 105 cm³/mol.